The molecule has 1 aromatic heterocycles. The molecule has 0 bridgehead atoms. The van der Waals surface area contributed by atoms with Crippen molar-refractivity contribution in [1.29, 1.82) is 5.26 Å². The van der Waals surface area contributed by atoms with E-state index in [9.17, 15) is 0 Å². The van der Waals surface area contributed by atoms with E-state index in [0.29, 0.717) is 22.0 Å². The molecule has 4 nitrogen and oxygen atoms in total. The van der Waals surface area contributed by atoms with Gasteiger partial charge in [0.1, 0.15) is 6.07 Å². The van der Waals surface area contributed by atoms with E-state index < -0.39 is 0 Å². The maximum Gasteiger partial charge on any atom is 0.183 e. The molecule has 0 radical (unpaired) electrons. The maximum absolute atomic E-state index is 9.16. The quantitative estimate of drug-likeness (QED) is 0.778. The molecule has 0 aliphatic carbocycles. The second-order valence-electron chi connectivity index (χ2n) is 4.61. The van der Waals surface area contributed by atoms with Crippen molar-refractivity contribution in [2.45, 2.75) is 0 Å². The van der Waals surface area contributed by atoms with E-state index in [1.54, 1.807) is 6.07 Å². The standard InChI is InChI=1S/C17H11ClN4/c18-13-9-5-4-8-12(13)16-15(11-6-2-1-3-7-11)22-17(20)14(10-19)21-16/h1-9H,(H2,20,22). The lowest BCUT2D eigenvalue weighted by atomic mass is 10.0. The van der Waals surface area contributed by atoms with E-state index in [-0.39, 0.29) is 11.5 Å². The zero-order valence-corrected chi connectivity index (χ0v) is 12.2. The molecule has 0 atom stereocenters. The van der Waals surface area contributed by atoms with Crippen LogP contribution in [0.15, 0.2) is 54.6 Å². The molecule has 3 rings (SSSR count). The normalized spacial score (nSPS) is 10.2. The van der Waals surface area contributed by atoms with Crippen LogP contribution in [0.2, 0.25) is 5.02 Å². The van der Waals surface area contributed by atoms with Gasteiger partial charge in [0.05, 0.1) is 16.4 Å². The van der Waals surface area contributed by atoms with Gasteiger partial charge in [0.25, 0.3) is 0 Å². The van der Waals surface area contributed by atoms with Crippen molar-refractivity contribution < 1.29 is 0 Å². The Balaban J connectivity index is 2.33. The number of anilines is 1. The topological polar surface area (TPSA) is 75.6 Å². The summed E-state index contributed by atoms with van der Waals surface area (Å²) in [5, 5.41) is 9.70. The average Bonchev–Trinajstić information content (AvgIpc) is 2.56. The third-order valence-electron chi connectivity index (χ3n) is 3.20. The molecule has 1 heterocycles. The Morgan fingerprint density at radius 3 is 2.27 bits per heavy atom. The molecule has 0 spiro atoms. The van der Waals surface area contributed by atoms with Gasteiger partial charge in [-0.1, -0.05) is 60.1 Å². The van der Waals surface area contributed by atoms with Gasteiger partial charge in [-0.3, -0.25) is 0 Å². The minimum absolute atomic E-state index is 0.0922. The third-order valence-corrected chi connectivity index (χ3v) is 3.53. The van der Waals surface area contributed by atoms with Gasteiger partial charge in [-0.05, 0) is 6.07 Å². The molecule has 0 aliphatic rings. The summed E-state index contributed by atoms with van der Waals surface area (Å²) >= 11 is 6.27. The van der Waals surface area contributed by atoms with Gasteiger partial charge in [0.2, 0.25) is 0 Å². The Morgan fingerprint density at radius 2 is 1.59 bits per heavy atom. The van der Waals surface area contributed by atoms with Crippen LogP contribution in [0.3, 0.4) is 0 Å². The molecule has 3 aromatic rings. The van der Waals surface area contributed by atoms with Crippen molar-refractivity contribution >= 4 is 17.4 Å². The van der Waals surface area contributed by atoms with E-state index in [1.165, 1.54) is 0 Å². The Labute approximate surface area is 132 Å². The minimum Gasteiger partial charge on any atom is -0.381 e. The fourth-order valence-electron chi connectivity index (χ4n) is 2.17. The number of halogens is 1. The highest BCUT2D eigenvalue weighted by Crippen LogP contribution is 2.34. The summed E-state index contributed by atoms with van der Waals surface area (Å²) in [5.74, 6) is 0.108. The fraction of sp³-hybridized carbons (Fsp3) is 0. The molecule has 0 amide bonds. The first kappa shape index (κ1) is 14.1. The Kier molecular flexibility index (Phi) is 3.73. The fourth-order valence-corrected chi connectivity index (χ4v) is 2.39. The van der Waals surface area contributed by atoms with E-state index in [1.807, 2.05) is 54.6 Å². The molecule has 106 valence electrons. The Hall–Kier alpha value is -2.90. The average molecular weight is 307 g/mol. The number of hydrogen-bond acceptors (Lipinski definition) is 4. The van der Waals surface area contributed by atoms with Gasteiger partial charge in [0, 0.05) is 11.1 Å². The van der Waals surface area contributed by atoms with E-state index in [0.717, 1.165) is 5.56 Å². The lowest BCUT2D eigenvalue weighted by Crippen LogP contribution is -2.03. The number of nitrogens with two attached hydrogens (primary N) is 1. The van der Waals surface area contributed by atoms with Gasteiger partial charge < -0.3 is 5.73 Å². The molecule has 22 heavy (non-hydrogen) atoms. The number of aromatic nitrogens is 2. The van der Waals surface area contributed by atoms with Crippen molar-refractivity contribution in [3.63, 3.8) is 0 Å². The first-order valence-electron chi connectivity index (χ1n) is 6.58. The van der Waals surface area contributed by atoms with Gasteiger partial charge in [-0.15, -0.1) is 0 Å². The predicted octanol–water partition coefficient (Wildman–Crippen LogP) is 3.92. The molecule has 5 heteroatoms. The lowest BCUT2D eigenvalue weighted by molar-refractivity contribution is 1.18. The highest BCUT2D eigenvalue weighted by Gasteiger charge is 2.16. The second kappa shape index (κ2) is 5.84. The molecular formula is C17H11ClN4. The van der Waals surface area contributed by atoms with Crippen molar-refractivity contribution in [3.05, 3.63) is 65.3 Å². The van der Waals surface area contributed by atoms with Crippen molar-refractivity contribution in [2.24, 2.45) is 0 Å². The van der Waals surface area contributed by atoms with Gasteiger partial charge in [0.15, 0.2) is 11.5 Å². The van der Waals surface area contributed by atoms with Gasteiger partial charge >= 0.3 is 0 Å². The van der Waals surface area contributed by atoms with Crippen LogP contribution in [0.25, 0.3) is 22.5 Å². The van der Waals surface area contributed by atoms with E-state index in [2.05, 4.69) is 9.97 Å². The molecular weight excluding hydrogens is 296 g/mol. The van der Waals surface area contributed by atoms with Crippen LogP contribution in [0.5, 0.6) is 0 Å². The van der Waals surface area contributed by atoms with Crippen LogP contribution in [0.1, 0.15) is 5.69 Å². The largest absolute Gasteiger partial charge is 0.381 e. The second-order valence-corrected chi connectivity index (χ2v) is 5.02. The Morgan fingerprint density at radius 1 is 0.909 bits per heavy atom. The number of hydrogen-bond donors (Lipinski definition) is 1. The van der Waals surface area contributed by atoms with Crippen LogP contribution in [-0.4, -0.2) is 9.97 Å². The van der Waals surface area contributed by atoms with Crippen LogP contribution < -0.4 is 5.73 Å². The molecule has 0 saturated heterocycles. The first-order valence-corrected chi connectivity index (χ1v) is 6.96. The summed E-state index contributed by atoms with van der Waals surface area (Å²) in [6.07, 6.45) is 0. The van der Waals surface area contributed by atoms with Crippen molar-refractivity contribution in [1.82, 2.24) is 9.97 Å². The van der Waals surface area contributed by atoms with Gasteiger partial charge in [-0.25, -0.2) is 9.97 Å². The Bertz CT molecular complexity index is 870. The van der Waals surface area contributed by atoms with Crippen molar-refractivity contribution in [3.8, 4) is 28.6 Å². The minimum atomic E-state index is 0.0922. The molecule has 0 aliphatic heterocycles. The number of rotatable bonds is 2. The first-order chi connectivity index (χ1) is 10.7. The van der Waals surface area contributed by atoms with Crippen LogP contribution in [-0.2, 0) is 0 Å². The van der Waals surface area contributed by atoms with Crippen molar-refractivity contribution in [2.75, 3.05) is 5.73 Å². The summed E-state index contributed by atoms with van der Waals surface area (Å²) in [7, 11) is 0. The SMILES string of the molecule is N#Cc1nc(-c2ccccc2Cl)c(-c2ccccc2)nc1N. The van der Waals surface area contributed by atoms with Crippen LogP contribution in [0.4, 0.5) is 5.82 Å². The predicted molar refractivity (Wildman–Crippen MR) is 87.0 cm³/mol. The lowest BCUT2D eigenvalue weighted by Gasteiger charge is -2.11. The molecule has 2 N–H and O–H groups in total. The molecule has 0 saturated carbocycles. The zero-order chi connectivity index (χ0) is 15.5. The molecule has 0 fully saturated rings. The highest BCUT2D eigenvalue weighted by atomic mass is 35.5. The zero-order valence-electron chi connectivity index (χ0n) is 11.5. The monoisotopic (exact) mass is 306 g/mol. The number of nitrogen functional groups attached to an aromatic ring is 1. The summed E-state index contributed by atoms with van der Waals surface area (Å²) in [4.78, 5) is 8.73. The van der Waals surface area contributed by atoms with Gasteiger partial charge in [-0.2, -0.15) is 5.26 Å². The summed E-state index contributed by atoms with van der Waals surface area (Å²) in [6, 6.07) is 18.8. The summed E-state index contributed by atoms with van der Waals surface area (Å²) < 4.78 is 0. The van der Waals surface area contributed by atoms with Crippen LogP contribution in [0, 0.1) is 11.3 Å². The highest BCUT2D eigenvalue weighted by molar-refractivity contribution is 6.33. The summed E-state index contributed by atoms with van der Waals surface area (Å²) in [6.45, 7) is 0. The molecule has 0 unspecified atom stereocenters. The summed E-state index contributed by atoms with van der Waals surface area (Å²) in [5.41, 5.74) is 8.64. The maximum atomic E-state index is 9.16. The molecule has 2 aromatic carbocycles. The van der Waals surface area contributed by atoms with Crippen LogP contribution >= 0.6 is 11.6 Å². The smallest absolute Gasteiger partial charge is 0.183 e. The van der Waals surface area contributed by atoms with E-state index in [4.69, 9.17) is 22.6 Å². The number of nitriles is 1. The number of nitrogens with zero attached hydrogens (tertiary/aromatic N) is 3. The van der Waals surface area contributed by atoms with E-state index >= 15 is 0 Å². The number of benzene rings is 2. The third kappa shape index (κ3) is 2.50.